The highest BCUT2D eigenvalue weighted by Gasteiger charge is 2.09. The molecular weight excluding hydrogens is 432 g/mol. The molecule has 4 aromatic rings. The number of hydrogen-bond donors (Lipinski definition) is 2. The lowest BCUT2D eigenvalue weighted by Crippen LogP contribution is -2.18. The maximum Gasteiger partial charge on any atom is 0.291 e. The Kier molecular flexibility index (Phi) is 5.39. The lowest BCUT2D eigenvalue weighted by molar-refractivity contribution is 0.0949. The molecule has 0 saturated heterocycles. The summed E-state index contributed by atoms with van der Waals surface area (Å²) in [5.41, 5.74) is 4.34. The Morgan fingerprint density at radius 1 is 1.14 bits per heavy atom. The molecule has 0 spiro atoms. The van der Waals surface area contributed by atoms with E-state index >= 15 is 0 Å². The van der Waals surface area contributed by atoms with E-state index in [1.807, 2.05) is 54.6 Å². The van der Waals surface area contributed by atoms with Crippen LogP contribution in [0.25, 0.3) is 10.8 Å². The monoisotopic (exact) mass is 448 g/mol. The van der Waals surface area contributed by atoms with Crippen molar-refractivity contribution >= 4 is 38.8 Å². The highest BCUT2D eigenvalue weighted by Crippen LogP contribution is 2.25. The van der Waals surface area contributed by atoms with Gasteiger partial charge in [0.2, 0.25) is 0 Å². The van der Waals surface area contributed by atoms with Crippen LogP contribution in [0.3, 0.4) is 0 Å². The maximum atomic E-state index is 12.3. The zero-order chi connectivity index (χ0) is 20.2. The molecule has 4 rings (SSSR count). The second-order valence-corrected chi connectivity index (χ2v) is 7.36. The molecule has 0 atom stereocenters. The number of halogens is 1. The standard InChI is InChI=1S/C22H17BrN4O2/c23-17-6-3-4-15(12-17)14-27-11-10-20(26-27)22(29)25-24-13-19-18-7-2-1-5-16(18)8-9-21(19)28/h1-13,28H,14H2,(H,25,29). The normalized spacial score (nSPS) is 11.2. The number of rotatable bonds is 5. The molecule has 3 aromatic carbocycles. The van der Waals surface area contributed by atoms with Crippen molar-refractivity contribution < 1.29 is 9.90 Å². The topological polar surface area (TPSA) is 79.5 Å². The molecule has 0 aliphatic carbocycles. The molecule has 2 N–H and O–H groups in total. The summed E-state index contributed by atoms with van der Waals surface area (Å²) in [6.07, 6.45) is 3.18. The number of aromatic nitrogens is 2. The van der Waals surface area contributed by atoms with Crippen LogP contribution >= 0.6 is 15.9 Å². The van der Waals surface area contributed by atoms with Gasteiger partial charge >= 0.3 is 0 Å². The summed E-state index contributed by atoms with van der Waals surface area (Å²) in [5.74, 6) is -0.325. The fraction of sp³-hybridized carbons (Fsp3) is 0.0455. The van der Waals surface area contributed by atoms with Gasteiger partial charge in [0.15, 0.2) is 5.69 Å². The average Bonchev–Trinajstić information content (AvgIpc) is 3.18. The molecule has 144 valence electrons. The first-order valence-electron chi connectivity index (χ1n) is 8.92. The zero-order valence-corrected chi connectivity index (χ0v) is 16.9. The summed E-state index contributed by atoms with van der Waals surface area (Å²) in [7, 11) is 0. The first kappa shape index (κ1) is 18.9. The van der Waals surface area contributed by atoms with E-state index in [1.54, 1.807) is 23.0 Å². The van der Waals surface area contributed by atoms with Crippen molar-refractivity contribution in [1.29, 1.82) is 0 Å². The van der Waals surface area contributed by atoms with E-state index in [0.29, 0.717) is 12.1 Å². The number of nitrogens with one attached hydrogen (secondary N) is 1. The summed E-state index contributed by atoms with van der Waals surface area (Å²) in [6, 6.07) is 20.6. The van der Waals surface area contributed by atoms with E-state index in [2.05, 4.69) is 31.6 Å². The van der Waals surface area contributed by atoms with Crippen molar-refractivity contribution in [3.63, 3.8) is 0 Å². The molecule has 6 nitrogen and oxygen atoms in total. The molecule has 1 amide bonds. The minimum absolute atomic E-state index is 0.0972. The Morgan fingerprint density at radius 2 is 2.00 bits per heavy atom. The summed E-state index contributed by atoms with van der Waals surface area (Å²) >= 11 is 3.44. The first-order valence-corrected chi connectivity index (χ1v) is 9.71. The summed E-state index contributed by atoms with van der Waals surface area (Å²) in [4.78, 5) is 12.3. The number of carbonyl (C=O) groups is 1. The summed E-state index contributed by atoms with van der Waals surface area (Å²) < 4.78 is 2.68. The van der Waals surface area contributed by atoms with Gasteiger partial charge in [-0.15, -0.1) is 0 Å². The molecule has 0 saturated carbocycles. The Hall–Kier alpha value is -3.45. The largest absolute Gasteiger partial charge is 0.507 e. The first-order chi connectivity index (χ1) is 14.1. The van der Waals surface area contributed by atoms with Crippen LogP contribution in [0.5, 0.6) is 5.75 Å². The number of fused-ring (bicyclic) bond motifs is 1. The molecule has 1 heterocycles. The second kappa shape index (κ2) is 8.28. The van der Waals surface area contributed by atoms with Crippen molar-refractivity contribution in [2.24, 2.45) is 5.10 Å². The van der Waals surface area contributed by atoms with Crippen LogP contribution in [0.1, 0.15) is 21.6 Å². The third kappa shape index (κ3) is 4.35. The lowest BCUT2D eigenvalue weighted by atomic mass is 10.0. The Morgan fingerprint density at radius 3 is 2.86 bits per heavy atom. The van der Waals surface area contributed by atoms with Gasteiger partial charge in [-0.1, -0.05) is 58.4 Å². The maximum absolute atomic E-state index is 12.3. The highest BCUT2D eigenvalue weighted by atomic mass is 79.9. The van der Waals surface area contributed by atoms with Crippen LogP contribution < -0.4 is 5.43 Å². The fourth-order valence-electron chi connectivity index (χ4n) is 3.03. The fourth-order valence-corrected chi connectivity index (χ4v) is 3.47. The van der Waals surface area contributed by atoms with Crippen molar-refractivity contribution in [3.05, 3.63) is 94.2 Å². The minimum Gasteiger partial charge on any atom is -0.507 e. The predicted molar refractivity (Wildman–Crippen MR) is 116 cm³/mol. The van der Waals surface area contributed by atoms with Crippen molar-refractivity contribution in [2.45, 2.75) is 6.54 Å². The van der Waals surface area contributed by atoms with Crippen LogP contribution in [0.4, 0.5) is 0 Å². The lowest BCUT2D eigenvalue weighted by Gasteiger charge is -2.04. The SMILES string of the molecule is O=C(NN=Cc1c(O)ccc2ccccc12)c1ccn(Cc2cccc(Br)c2)n1. The van der Waals surface area contributed by atoms with Gasteiger partial charge in [-0.3, -0.25) is 9.48 Å². The Bertz CT molecular complexity index is 1220. The number of nitrogens with zero attached hydrogens (tertiary/aromatic N) is 3. The quantitative estimate of drug-likeness (QED) is 0.352. The van der Waals surface area contributed by atoms with Gasteiger partial charge in [-0.2, -0.15) is 10.2 Å². The smallest absolute Gasteiger partial charge is 0.291 e. The van der Waals surface area contributed by atoms with Gasteiger partial charge in [0, 0.05) is 16.2 Å². The van der Waals surface area contributed by atoms with Crippen molar-refractivity contribution in [2.75, 3.05) is 0 Å². The van der Waals surface area contributed by atoms with E-state index < -0.39 is 5.91 Å². The molecule has 0 aliphatic rings. The number of hydrogen-bond acceptors (Lipinski definition) is 4. The molecular formula is C22H17BrN4O2. The third-order valence-corrected chi connectivity index (χ3v) is 4.91. The van der Waals surface area contributed by atoms with Crippen LogP contribution in [-0.2, 0) is 6.54 Å². The summed E-state index contributed by atoms with van der Waals surface area (Å²) in [6.45, 7) is 0.555. The van der Waals surface area contributed by atoms with Crippen LogP contribution in [-0.4, -0.2) is 27.0 Å². The van der Waals surface area contributed by atoms with E-state index in [9.17, 15) is 9.90 Å². The average molecular weight is 449 g/mol. The number of phenols is 1. The Labute approximate surface area is 175 Å². The number of phenolic OH excluding ortho intramolecular Hbond substituents is 1. The third-order valence-electron chi connectivity index (χ3n) is 4.41. The van der Waals surface area contributed by atoms with Crippen LogP contribution in [0.15, 0.2) is 82.5 Å². The van der Waals surface area contributed by atoms with Gasteiger partial charge in [0.1, 0.15) is 5.75 Å². The molecule has 0 unspecified atom stereocenters. The Balaban J connectivity index is 1.46. The van der Waals surface area contributed by atoms with E-state index in [4.69, 9.17) is 0 Å². The highest BCUT2D eigenvalue weighted by molar-refractivity contribution is 9.10. The predicted octanol–water partition coefficient (Wildman–Crippen LogP) is 4.32. The molecule has 1 aromatic heterocycles. The molecule has 0 radical (unpaired) electrons. The van der Waals surface area contributed by atoms with Crippen molar-refractivity contribution in [3.8, 4) is 5.75 Å². The van der Waals surface area contributed by atoms with Crippen molar-refractivity contribution in [1.82, 2.24) is 15.2 Å². The molecule has 0 aliphatic heterocycles. The minimum atomic E-state index is -0.422. The second-order valence-electron chi connectivity index (χ2n) is 6.45. The molecule has 0 fully saturated rings. The van der Waals surface area contributed by atoms with Gasteiger partial charge < -0.3 is 5.11 Å². The molecule has 0 bridgehead atoms. The van der Waals surface area contributed by atoms with Gasteiger partial charge in [0.25, 0.3) is 5.91 Å². The van der Waals surface area contributed by atoms with Crippen LogP contribution in [0, 0.1) is 0 Å². The van der Waals surface area contributed by atoms with Gasteiger partial charge in [0.05, 0.1) is 12.8 Å². The summed E-state index contributed by atoms with van der Waals surface area (Å²) in [5, 5.41) is 20.2. The van der Waals surface area contributed by atoms with E-state index in [0.717, 1.165) is 20.8 Å². The number of aromatic hydroxyl groups is 1. The van der Waals surface area contributed by atoms with E-state index in [-0.39, 0.29) is 11.4 Å². The number of amides is 1. The van der Waals surface area contributed by atoms with Gasteiger partial charge in [-0.05, 0) is 40.6 Å². The zero-order valence-electron chi connectivity index (χ0n) is 15.3. The van der Waals surface area contributed by atoms with Gasteiger partial charge in [-0.25, -0.2) is 5.43 Å². The van der Waals surface area contributed by atoms with E-state index in [1.165, 1.54) is 6.21 Å². The molecule has 29 heavy (non-hydrogen) atoms. The van der Waals surface area contributed by atoms with Crippen LogP contribution in [0.2, 0.25) is 0 Å². The number of hydrazone groups is 1. The number of benzene rings is 3. The number of carbonyl (C=O) groups excluding carboxylic acids is 1. The molecule has 7 heteroatoms.